The Morgan fingerprint density at radius 2 is 1.68 bits per heavy atom. The molecule has 0 bridgehead atoms. The zero-order chi connectivity index (χ0) is 17.1. The van der Waals surface area contributed by atoms with Gasteiger partial charge in [0.15, 0.2) is 0 Å². The third-order valence-corrected chi connectivity index (χ3v) is 4.71. The summed E-state index contributed by atoms with van der Waals surface area (Å²) in [4.78, 5) is 0. The molecule has 25 heavy (non-hydrogen) atoms. The fourth-order valence-electron chi connectivity index (χ4n) is 3.45. The summed E-state index contributed by atoms with van der Waals surface area (Å²) in [5.41, 5.74) is 3.76. The third-order valence-electron chi connectivity index (χ3n) is 4.71. The van der Waals surface area contributed by atoms with Gasteiger partial charge in [-0.15, -0.1) is 0 Å². The van der Waals surface area contributed by atoms with Gasteiger partial charge in [0.1, 0.15) is 0 Å². The molecule has 0 aliphatic carbocycles. The first-order valence-electron chi connectivity index (χ1n) is 9.05. The lowest BCUT2D eigenvalue weighted by Crippen LogP contribution is -1.97. The first-order chi connectivity index (χ1) is 12.4. The highest BCUT2D eigenvalue weighted by Gasteiger charge is 2.10. The first kappa shape index (κ1) is 15.7. The van der Waals surface area contributed by atoms with Gasteiger partial charge >= 0.3 is 0 Å². The second kappa shape index (κ2) is 6.98. The zero-order valence-electron chi connectivity index (χ0n) is 14.6. The average molecular weight is 329 g/mol. The van der Waals surface area contributed by atoms with E-state index in [1.165, 1.54) is 41.1 Å². The predicted molar refractivity (Wildman–Crippen MR) is 106 cm³/mol. The minimum absolute atomic E-state index is 1.08. The van der Waals surface area contributed by atoms with Gasteiger partial charge in [0, 0.05) is 40.7 Å². The maximum absolute atomic E-state index is 4.48. The lowest BCUT2D eigenvalue weighted by atomic mass is 10.1. The monoisotopic (exact) mass is 329 g/mol. The van der Waals surface area contributed by atoms with Crippen molar-refractivity contribution in [3.8, 4) is 0 Å². The van der Waals surface area contributed by atoms with Gasteiger partial charge in [-0.2, -0.15) is 5.10 Å². The number of unbranched alkanes of at least 4 members (excludes halogenated alkanes) is 2. The van der Waals surface area contributed by atoms with E-state index in [0.717, 1.165) is 12.1 Å². The molecule has 3 heteroatoms. The van der Waals surface area contributed by atoms with Crippen LogP contribution in [0.4, 0.5) is 0 Å². The molecule has 0 aliphatic rings. The van der Waals surface area contributed by atoms with E-state index >= 15 is 0 Å². The van der Waals surface area contributed by atoms with Crippen LogP contribution in [0.15, 0.2) is 72.1 Å². The lowest BCUT2D eigenvalue weighted by molar-refractivity contribution is 0.627. The maximum atomic E-state index is 4.48. The summed E-state index contributed by atoms with van der Waals surface area (Å²) in [6.45, 7) is 3.33. The Labute approximate surface area is 148 Å². The topological polar surface area (TPSA) is 22.2 Å². The number of aromatic nitrogens is 2. The van der Waals surface area contributed by atoms with Gasteiger partial charge in [-0.25, -0.2) is 4.68 Å². The van der Waals surface area contributed by atoms with Gasteiger partial charge in [0.05, 0.1) is 6.21 Å². The molecule has 3 nitrogen and oxygen atoms in total. The van der Waals surface area contributed by atoms with Crippen LogP contribution in [0.1, 0.15) is 31.7 Å². The van der Waals surface area contributed by atoms with Crippen LogP contribution in [-0.4, -0.2) is 15.5 Å². The van der Waals surface area contributed by atoms with Gasteiger partial charge in [0.2, 0.25) is 0 Å². The van der Waals surface area contributed by atoms with Crippen LogP contribution in [-0.2, 0) is 6.54 Å². The van der Waals surface area contributed by atoms with Crippen LogP contribution in [0.25, 0.3) is 21.8 Å². The second-order valence-electron chi connectivity index (χ2n) is 6.46. The first-order valence-corrected chi connectivity index (χ1v) is 9.05. The molecule has 0 atom stereocenters. The summed E-state index contributed by atoms with van der Waals surface area (Å²) in [6, 6.07) is 19.3. The van der Waals surface area contributed by atoms with Crippen LogP contribution < -0.4 is 0 Å². The summed E-state index contributed by atoms with van der Waals surface area (Å²) in [6.07, 6.45) is 9.54. The third kappa shape index (κ3) is 3.10. The van der Waals surface area contributed by atoms with Crippen molar-refractivity contribution in [3.63, 3.8) is 0 Å². The van der Waals surface area contributed by atoms with Crippen molar-refractivity contribution in [2.24, 2.45) is 5.10 Å². The van der Waals surface area contributed by atoms with Crippen molar-refractivity contribution in [2.45, 2.75) is 32.7 Å². The highest BCUT2D eigenvalue weighted by atomic mass is 15.3. The summed E-state index contributed by atoms with van der Waals surface area (Å²) in [5.74, 6) is 0. The molecule has 4 rings (SSSR count). The van der Waals surface area contributed by atoms with Crippen LogP contribution in [0, 0.1) is 0 Å². The second-order valence-corrected chi connectivity index (χ2v) is 6.46. The Morgan fingerprint density at radius 3 is 2.52 bits per heavy atom. The lowest BCUT2D eigenvalue weighted by Gasteiger charge is -2.07. The van der Waals surface area contributed by atoms with Crippen molar-refractivity contribution in [1.82, 2.24) is 9.24 Å². The molecule has 0 spiro atoms. The SMILES string of the molecule is CCCCCn1c2ccccc2c2cc(C=Nn3cccc3)ccc21. The van der Waals surface area contributed by atoms with Crippen molar-refractivity contribution >= 4 is 28.0 Å². The standard InChI is InChI=1S/C22H23N3/c1-2-3-6-15-25-21-10-5-4-9-19(21)20-16-18(11-12-22(20)25)17-23-24-13-7-8-14-24/h4-5,7-14,16-17H,2-3,6,15H2,1H3. The Bertz CT molecular complexity index is 1010. The normalized spacial score (nSPS) is 11.9. The van der Waals surface area contributed by atoms with E-state index in [0.29, 0.717) is 0 Å². The Morgan fingerprint density at radius 1 is 0.880 bits per heavy atom. The van der Waals surface area contributed by atoms with E-state index in [1.807, 2.05) is 35.4 Å². The van der Waals surface area contributed by atoms with Crippen molar-refractivity contribution in [3.05, 3.63) is 72.6 Å². The van der Waals surface area contributed by atoms with Gasteiger partial charge < -0.3 is 4.57 Å². The highest BCUT2D eigenvalue weighted by molar-refractivity contribution is 6.09. The molecule has 2 aromatic carbocycles. The fraction of sp³-hybridized carbons (Fsp3) is 0.227. The largest absolute Gasteiger partial charge is 0.340 e. The fourth-order valence-corrected chi connectivity index (χ4v) is 3.45. The summed E-state index contributed by atoms with van der Waals surface area (Å²) in [7, 11) is 0. The van der Waals surface area contributed by atoms with Gasteiger partial charge in [-0.05, 0) is 42.3 Å². The minimum atomic E-state index is 1.08. The van der Waals surface area contributed by atoms with Crippen LogP contribution in [0.5, 0.6) is 0 Å². The molecule has 126 valence electrons. The van der Waals surface area contributed by atoms with Crippen molar-refractivity contribution in [2.75, 3.05) is 0 Å². The molecular weight excluding hydrogens is 306 g/mol. The Hall–Kier alpha value is -2.81. The molecule has 0 N–H and O–H groups in total. The van der Waals surface area contributed by atoms with E-state index in [2.05, 4.69) is 59.1 Å². The maximum Gasteiger partial charge on any atom is 0.0551 e. The van der Waals surface area contributed by atoms with Gasteiger partial charge in [0.25, 0.3) is 0 Å². The number of fused-ring (bicyclic) bond motifs is 3. The molecular formula is C22H23N3. The number of rotatable bonds is 6. The average Bonchev–Trinajstić information content (AvgIpc) is 3.27. The molecule has 4 aromatic rings. The van der Waals surface area contributed by atoms with E-state index in [-0.39, 0.29) is 0 Å². The summed E-state index contributed by atoms with van der Waals surface area (Å²) < 4.78 is 4.28. The molecule has 2 heterocycles. The zero-order valence-corrected chi connectivity index (χ0v) is 14.6. The van der Waals surface area contributed by atoms with E-state index in [9.17, 15) is 0 Å². The van der Waals surface area contributed by atoms with Crippen molar-refractivity contribution in [1.29, 1.82) is 0 Å². The molecule has 0 unspecified atom stereocenters. The molecule has 0 fully saturated rings. The summed E-state index contributed by atoms with van der Waals surface area (Å²) >= 11 is 0. The number of aryl methyl sites for hydroxylation is 1. The minimum Gasteiger partial charge on any atom is -0.340 e. The molecule has 0 amide bonds. The number of hydrogen-bond donors (Lipinski definition) is 0. The van der Waals surface area contributed by atoms with Crippen molar-refractivity contribution < 1.29 is 0 Å². The van der Waals surface area contributed by atoms with E-state index < -0.39 is 0 Å². The van der Waals surface area contributed by atoms with Gasteiger partial charge in [-0.1, -0.05) is 44.0 Å². The Balaban J connectivity index is 1.77. The molecule has 0 saturated carbocycles. The molecule has 0 radical (unpaired) electrons. The van der Waals surface area contributed by atoms with Crippen LogP contribution in [0.2, 0.25) is 0 Å². The molecule has 0 saturated heterocycles. The van der Waals surface area contributed by atoms with E-state index in [1.54, 1.807) is 0 Å². The number of hydrogen-bond acceptors (Lipinski definition) is 1. The Kier molecular flexibility index (Phi) is 4.38. The molecule has 2 aromatic heterocycles. The van der Waals surface area contributed by atoms with E-state index in [4.69, 9.17) is 0 Å². The molecule has 0 aliphatic heterocycles. The summed E-state index contributed by atoms with van der Waals surface area (Å²) in [5, 5.41) is 7.11. The van der Waals surface area contributed by atoms with Crippen LogP contribution in [0.3, 0.4) is 0 Å². The highest BCUT2D eigenvalue weighted by Crippen LogP contribution is 2.30. The number of benzene rings is 2. The predicted octanol–water partition coefficient (Wildman–Crippen LogP) is 5.67. The number of nitrogens with zero attached hydrogens (tertiary/aromatic N) is 3. The van der Waals surface area contributed by atoms with Gasteiger partial charge in [-0.3, -0.25) is 0 Å². The smallest absolute Gasteiger partial charge is 0.0551 e. The quantitative estimate of drug-likeness (QED) is 0.321. The number of para-hydroxylation sites is 1. The van der Waals surface area contributed by atoms with Crippen LogP contribution >= 0.6 is 0 Å².